The number of para-hydroxylation sites is 2. The maximum Gasteiger partial charge on any atom is 0.142 e. The van der Waals surface area contributed by atoms with Crippen LogP contribution in [0.5, 0.6) is 11.5 Å². The first-order valence-electron chi connectivity index (χ1n) is 11.2. The molecule has 1 N–H and O–H groups in total. The Kier molecular flexibility index (Phi) is 9.00. The van der Waals surface area contributed by atoms with E-state index in [1.807, 2.05) is 30.3 Å². The van der Waals surface area contributed by atoms with Gasteiger partial charge in [0.25, 0.3) is 0 Å². The molecule has 2 aromatic carbocycles. The first-order chi connectivity index (χ1) is 15.1. The highest BCUT2D eigenvalue weighted by atomic mass is 16.5. The van der Waals surface area contributed by atoms with Crippen LogP contribution in [0.4, 0.5) is 5.69 Å². The molecule has 0 amide bonds. The Balaban J connectivity index is 1.29. The van der Waals surface area contributed by atoms with Crippen LogP contribution in [0.3, 0.4) is 0 Å². The summed E-state index contributed by atoms with van der Waals surface area (Å²) in [6.07, 6.45) is -0.497. The lowest BCUT2D eigenvalue weighted by Crippen LogP contribution is -2.49. The molecule has 1 fully saturated rings. The number of rotatable bonds is 11. The van der Waals surface area contributed by atoms with Crippen molar-refractivity contribution in [2.24, 2.45) is 0 Å². The zero-order valence-electron chi connectivity index (χ0n) is 19.0. The molecule has 1 aliphatic rings. The molecule has 6 nitrogen and oxygen atoms in total. The Bertz CT molecular complexity index is 773. The Labute approximate surface area is 186 Å². The van der Waals surface area contributed by atoms with Gasteiger partial charge >= 0.3 is 0 Å². The molecule has 170 valence electrons. The number of benzene rings is 2. The summed E-state index contributed by atoms with van der Waals surface area (Å²) in [5.74, 6) is 2.27. The van der Waals surface area contributed by atoms with Gasteiger partial charge < -0.3 is 24.2 Å². The van der Waals surface area contributed by atoms with Crippen LogP contribution < -0.4 is 14.4 Å². The molecule has 31 heavy (non-hydrogen) atoms. The van der Waals surface area contributed by atoms with Gasteiger partial charge in [-0.15, -0.1) is 0 Å². The number of β-amino-alcohol motifs (C(OH)–C–C–N with tert-alkyl or cyclic N) is 1. The molecule has 0 radical (unpaired) electrons. The number of nitrogens with zero attached hydrogens (tertiary/aromatic N) is 2. The quantitative estimate of drug-likeness (QED) is 0.554. The van der Waals surface area contributed by atoms with E-state index in [9.17, 15) is 5.11 Å². The van der Waals surface area contributed by atoms with Crippen LogP contribution in [-0.4, -0.2) is 75.8 Å². The fraction of sp³-hybridized carbons (Fsp3) is 0.520. The van der Waals surface area contributed by atoms with Gasteiger partial charge in [0.15, 0.2) is 0 Å². The Morgan fingerprint density at radius 1 is 0.935 bits per heavy atom. The maximum atomic E-state index is 10.3. The summed E-state index contributed by atoms with van der Waals surface area (Å²) in [4.78, 5) is 4.62. The molecule has 1 aliphatic heterocycles. The monoisotopic (exact) mass is 428 g/mol. The Hall–Kier alpha value is -2.28. The number of hydrogen-bond donors (Lipinski definition) is 1. The molecule has 1 atom stereocenters. The Morgan fingerprint density at radius 3 is 2.32 bits per heavy atom. The molecule has 6 heteroatoms. The summed E-state index contributed by atoms with van der Waals surface area (Å²) in [5.41, 5.74) is 2.43. The summed E-state index contributed by atoms with van der Waals surface area (Å²) < 4.78 is 16.8. The van der Waals surface area contributed by atoms with E-state index in [0.29, 0.717) is 32.3 Å². The van der Waals surface area contributed by atoms with Gasteiger partial charge in [0.05, 0.1) is 32.1 Å². The van der Waals surface area contributed by atoms with Crippen LogP contribution in [0.15, 0.2) is 48.5 Å². The second-order valence-electron chi connectivity index (χ2n) is 8.26. The van der Waals surface area contributed by atoms with Crippen LogP contribution in [0, 0.1) is 0 Å². The third kappa shape index (κ3) is 7.13. The van der Waals surface area contributed by atoms with Crippen molar-refractivity contribution in [3.05, 3.63) is 54.1 Å². The van der Waals surface area contributed by atoms with Gasteiger partial charge in [0.1, 0.15) is 18.1 Å². The van der Waals surface area contributed by atoms with Crippen molar-refractivity contribution in [2.75, 3.05) is 64.6 Å². The summed E-state index contributed by atoms with van der Waals surface area (Å²) in [5, 5.41) is 10.3. The third-order valence-electron chi connectivity index (χ3n) is 5.62. The van der Waals surface area contributed by atoms with E-state index in [1.54, 1.807) is 7.11 Å². The number of hydrogen-bond acceptors (Lipinski definition) is 6. The summed E-state index contributed by atoms with van der Waals surface area (Å²) in [6.45, 7) is 9.88. The van der Waals surface area contributed by atoms with Gasteiger partial charge in [-0.3, -0.25) is 4.90 Å². The van der Waals surface area contributed by atoms with E-state index in [1.165, 1.54) is 5.56 Å². The molecule has 3 rings (SSSR count). The lowest BCUT2D eigenvalue weighted by Gasteiger charge is -2.37. The number of ether oxygens (including phenoxy) is 3. The van der Waals surface area contributed by atoms with Crippen molar-refractivity contribution < 1.29 is 19.3 Å². The third-order valence-corrected chi connectivity index (χ3v) is 5.62. The van der Waals surface area contributed by atoms with Crippen LogP contribution >= 0.6 is 0 Å². The Morgan fingerprint density at radius 2 is 1.65 bits per heavy atom. The van der Waals surface area contributed by atoms with Crippen LogP contribution in [-0.2, 0) is 4.74 Å². The molecule has 0 aliphatic carbocycles. The van der Waals surface area contributed by atoms with Gasteiger partial charge in [-0.05, 0) is 35.7 Å². The van der Waals surface area contributed by atoms with Crippen molar-refractivity contribution in [2.45, 2.75) is 25.9 Å². The average molecular weight is 429 g/mol. The number of piperazine rings is 1. The summed E-state index contributed by atoms with van der Waals surface area (Å²) in [6, 6.07) is 16.3. The first kappa shape index (κ1) is 23.4. The topological polar surface area (TPSA) is 54.4 Å². The molecular formula is C25H36N2O4. The van der Waals surface area contributed by atoms with Crippen LogP contribution in [0.1, 0.15) is 25.3 Å². The van der Waals surface area contributed by atoms with Crippen molar-refractivity contribution in [1.29, 1.82) is 0 Å². The molecule has 0 spiro atoms. The minimum Gasteiger partial charge on any atom is -0.495 e. The predicted octanol–water partition coefficient (Wildman–Crippen LogP) is 3.40. The zero-order valence-corrected chi connectivity index (χ0v) is 19.0. The van der Waals surface area contributed by atoms with E-state index in [-0.39, 0.29) is 0 Å². The van der Waals surface area contributed by atoms with Gasteiger partial charge in [0, 0.05) is 32.7 Å². The standard InChI is InChI=1S/C25H36N2O4/c1-20(2)21-8-10-23(11-9-21)31-17-16-30-19-22(28)18-26-12-14-27(15-13-26)24-6-4-5-7-25(24)29-3/h4-11,20,22,28H,12-19H2,1-3H3/t22-/m1/s1. The fourth-order valence-corrected chi connectivity index (χ4v) is 3.80. The average Bonchev–Trinajstić information content (AvgIpc) is 2.79. The molecule has 1 heterocycles. The zero-order chi connectivity index (χ0) is 22.1. The summed E-state index contributed by atoms with van der Waals surface area (Å²) >= 11 is 0. The predicted molar refractivity (Wildman–Crippen MR) is 124 cm³/mol. The van der Waals surface area contributed by atoms with Crippen molar-refractivity contribution in [3.8, 4) is 11.5 Å². The summed E-state index contributed by atoms with van der Waals surface area (Å²) in [7, 11) is 1.71. The first-order valence-corrected chi connectivity index (χ1v) is 11.2. The lowest BCUT2D eigenvalue weighted by atomic mass is 10.0. The minimum atomic E-state index is -0.497. The smallest absolute Gasteiger partial charge is 0.142 e. The van der Waals surface area contributed by atoms with E-state index < -0.39 is 6.10 Å². The van der Waals surface area contributed by atoms with E-state index in [0.717, 1.165) is 43.4 Å². The number of aliphatic hydroxyl groups excluding tert-OH is 1. The molecule has 0 unspecified atom stereocenters. The van der Waals surface area contributed by atoms with E-state index in [2.05, 4.69) is 41.8 Å². The number of anilines is 1. The largest absolute Gasteiger partial charge is 0.495 e. The van der Waals surface area contributed by atoms with Gasteiger partial charge in [0.2, 0.25) is 0 Å². The molecule has 2 aromatic rings. The maximum absolute atomic E-state index is 10.3. The highest BCUT2D eigenvalue weighted by molar-refractivity contribution is 5.58. The highest BCUT2D eigenvalue weighted by Gasteiger charge is 2.21. The fourth-order valence-electron chi connectivity index (χ4n) is 3.80. The molecule has 1 saturated heterocycles. The normalized spacial score (nSPS) is 15.8. The van der Waals surface area contributed by atoms with Gasteiger partial charge in [-0.2, -0.15) is 0 Å². The molecule has 0 bridgehead atoms. The molecular weight excluding hydrogens is 392 g/mol. The SMILES string of the molecule is COc1ccccc1N1CCN(C[C@@H](O)COCCOc2ccc(C(C)C)cc2)CC1. The highest BCUT2D eigenvalue weighted by Crippen LogP contribution is 2.28. The van der Waals surface area contributed by atoms with Crippen molar-refractivity contribution >= 4 is 5.69 Å². The van der Waals surface area contributed by atoms with Gasteiger partial charge in [-0.25, -0.2) is 0 Å². The van der Waals surface area contributed by atoms with E-state index >= 15 is 0 Å². The van der Waals surface area contributed by atoms with Crippen LogP contribution in [0.2, 0.25) is 0 Å². The number of aliphatic hydroxyl groups is 1. The minimum absolute atomic E-state index is 0.322. The van der Waals surface area contributed by atoms with Crippen molar-refractivity contribution in [1.82, 2.24) is 4.90 Å². The number of methoxy groups -OCH3 is 1. The van der Waals surface area contributed by atoms with Gasteiger partial charge in [-0.1, -0.05) is 38.1 Å². The van der Waals surface area contributed by atoms with Crippen molar-refractivity contribution in [3.63, 3.8) is 0 Å². The second kappa shape index (κ2) is 11.9. The van der Waals surface area contributed by atoms with E-state index in [4.69, 9.17) is 14.2 Å². The van der Waals surface area contributed by atoms with Crippen LogP contribution in [0.25, 0.3) is 0 Å². The molecule has 0 saturated carbocycles. The molecule has 0 aromatic heterocycles. The second-order valence-corrected chi connectivity index (χ2v) is 8.26. The lowest BCUT2D eigenvalue weighted by molar-refractivity contribution is 0.00717.